The van der Waals surface area contributed by atoms with Crippen LogP contribution in [0.15, 0.2) is 0 Å². The maximum Gasteiger partial charge on any atom is 0.325 e. The largest absolute Gasteiger partial charge is 0.468 e. The Labute approximate surface area is 85.7 Å². The Balaban J connectivity index is 1.86. The molecule has 0 radical (unpaired) electrons. The molecule has 0 atom stereocenters. The van der Waals surface area contributed by atoms with Gasteiger partial charge in [-0.3, -0.25) is 4.79 Å². The lowest BCUT2D eigenvalue weighted by Crippen LogP contribution is -2.14. The number of hydrogen-bond donors (Lipinski definition) is 1. The number of esters is 1. The van der Waals surface area contributed by atoms with Crippen molar-refractivity contribution in [3.63, 3.8) is 0 Å². The molecule has 2 rings (SSSR count). The topological polar surface area (TPSA) is 64.1 Å². The second-order valence-corrected chi connectivity index (χ2v) is 3.91. The van der Waals surface area contributed by atoms with Gasteiger partial charge in [-0.2, -0.15) is 4.37 Å². The molecule has 0 saturated heterocycles. The molecule has 0 bridgehead atoms. The first-order valence-electron chi connectivity index (χ1n) is 4.44. The lowest BCUT2D eigenvalue weighted by atomic mass is 10.4. The van der Waals surface area contributed by atoms with Gasteiger partial charge in [-0.1, -0.05) is 0 Å². The number of nitrogens with one attached hydrogen (secondary N) is 1. The molecule has 14 heavy (non-hydrogen) atoms. The summed E-state index contributed by atoms with van der Waals surface area (Å²) in [6.07, 6.45) is 2.38. The highest BCUT2D eigenvalue weighted by molar-refractivity contribution is 7.09. The Kier molecular flexibility index (Phi) is 2.62. The minimum Gasteiger partial charge on any atom is -0.468 e. The average molecular weight is 213 g/mol. The molecule has 0 aliphatic heterocycles. The number of nitrogens with zero attached hydrogens (tertiary/aromatic N) is 2. The summed E-state index contributed by atoms with van der Waals surface area (Å²) in [6.45, 7) is 0.149. The fourth-order valence-corrected chi connectivity index (χ4v) is 1.67. The lowest BCUT2D eigenvalue weighted by Gasteiger charge is -1.98. The fraction of sp³-hybridized carbons (Fsp3) is 0.625. The smallest absolute Gasteiger partial charge is 0.325 e. The number of rotatable bonds is 4. The third-order valence-corrected chi connectivity index (χ3v) is 2.68. The minimum atomic E-state index is -0.298. The highest BCUT2D eigenvalue weighted by Crippen LogP contribution is 2.39. The molecule has 1 aromatic rings. The molecule has 1 heterocycles. The molecule has 1 aliphatic carbocycles. The van der Waals surface area contributed by atoms with E-state index in [1.807, 2.05) is 0 Å². The summed E-state index contributed by atoms with van der Waals surface area (Å²) in [5, 5.41) is 3.56. The molecule has 1 aromatic heterocycles. The van der Waals surface area contributed by atoms with Crippen LogP contribution in [0.1, 0.15) is 24.6 Å². The van der Waals surface area contributed by atoms with Crippen molar-refractivity contribution < 1.29 is 9.53 Å². The van der Waals surface area contributed by atoms with Crippen molar-refractivity contribution in [3.8, 4) is 0 Å². The van der Waals surface area contributed by atoms with Crippen LogP contribution in [-0.2, 0) is 9.53 Å². The van der Waals surface area contributed by atoms with E-state index in [0.717, 1.165) is 5.82 Å². The quantitative estimate of drug-likeness (QED) is 0.756. The van der Waals surface area contributed by atoms with Crippen molar-refractivity contribution in [3.05, 3.63) is 5.82 Å². The Hall–Kier alpha value is -1.17. The Morgan fingerprint density at radius 3 is 3.14 bits per heavy atom. The number of hydrogen-bond acceptors (Lipinski definition) is 6. The summed E-state index contributed by atoms with van der Waals surface area (Å²) in [6, 6.07) is 0. The van der Waals surface area contributed by atoms with Crippen molar-refractivity contribution in [2.75, 3.05) is 19.0 Å². The van der Waals surface area contributed by atoms with Gasteiger partial charge in [0, 0.05) is 17.5 Å². The molecular formula is C8H11N3O2S. The molecule has 0 spiro atoms. The van der Waals surface area contributed by atoms with Crippen molar-refractivity contribution in [1.29, 1.82) is 0 Å². The fourth-order valence-electron chi connectivity index (χ4n) is 1.03. The molecular weight excluding hydrogens is 202 g/mol. The van der Waals surface area contributed by atoms with Gasteiger partial charge in [-0.25, -0.2) is 4.98 Å². The van der Waals surface area contributed by atoms with E-state index in [0.29, 0.717) is 11.0 Å². The molecule has 1 N–H and O–H groups in total. The lowest BCUT2D eigenvalue weighted by molar-refractivity contribution is -0.138. The third-order valence-electron chi connectivity index (χ3n) is 2.00. The summed E-state index contributed by atoms with van der Waals surface area (Å²) in [4.78, 5) is 15.1. The molecule has 0 amide bonds. The minimum absolute atomic E-state index is 0.149. The second-order valence-electron chi connectivity index (χ2n) is 3.16. The third kappa shape index (κ3) is 2.20. The summed E-state index contributed by atoms with van der Waals surface area (Å²) >= 11 is 1.29. The van der Waals surface area contributed by atoms with Gasteiger partial charge in [-0.05, 0) is 12.8 Å². The monoisotopic (exact) mass is 213 g/mol. The van der Waals surface area contributed by atoms with Crippen LogP contribution >= 0.6 is 11.5 Å². The van der Waals surface area contributed by atoms with E-state index in [9.17, 15) is 4.79 Å². The summed E-state index contributed by atoms with van der Waals surface area (Å²) in [5.41, 5.74) is 0. The van der Waals surface area contributed by atoms with E-state index < -0.39 is 0 Å². The molecule has 1 saturated carbocycles. The Morgan fingerprint density at radius 2 is 2.50 bits per heavy atom. The molecule has 5 nitrogen and oxygen atoms in total. The zero-order valence-electron chi connectivity index (χ0n) is 7.82. The number of carbonyl (C=O) groups is 1. The van der Waals surface area contributed by atoms with Crippen LogP contribution in [0.25, 0.3) is 0 Å². The maximum atomic E-state index is 10.8. The van der Waals surface area contributed by atoms with E-state index in [2.05, 4.69) is 19.4 Å². The van der Waals surface area contributed by atoms with Gasteiger partial charge >= 0.3 is 5.97 Å². The number of carbonyl (C=O) groups excluding carboxylic acids is 1. The molecule has 76 valence electrons. The van der Waals surface area contributed by atoms with Crippen molar-refractivity contribution in [1.82, 2.24) is 9.36 Å². The normalized spacial score (nSPS) is 15.2. The van der Waals surface area contributed by atoms with Gasteiger partial charge in [0.2, 0.25) is 5.13 Å². The first kappa shape index (κ1) is 9.39. The second kappa shape index (κ2) is 3.91. The van der Waals surface area contributed by atoms with Crippen molar-refractivity contribution in [2.45, 2.75) is 18.8 Å². The number of methoxy groups -OCH3 is 1. The summed E-state index contributed by atoms with van der Waals surface area (Å²) in [7, 11) is 1.36. The summed E-state index contributed by atoms with van der Waals surface area (Å²) in [5.74, 6) is 1.16. The van der Waals surface area contributed by atoms with Crippen LogP contribution < -0.4 is 5.32 Å². The Bertz CT molecular complexity index is 335. The van der Waals surface area contributed by atoms with Gasteiger partial charge in [0.25, 0.3) is 0 Å². The van der Waals surface area contributed by atoms with Crippen LogP contribution in [0.5, 0.6) is 0 Å². The van der Waals surface area contributed by atoms with Crippen LogP contribution in [0.3, 0.4) is 0 Å². The average Bonchev–Trinajstić information content (AvgIpc) is 2.95. The van der Waals surface area contributed by atoms with Crippen molar-refractivity contribution >= 4 is 22.6 Å². The van der Waals surface area contributed by atoms with Gasteiger partial charge in [-0.15, -0.1) is 0 Å². The van der Waals surface area contributed by atoms with E-state index in [-0.39, 0.29) is 12.5 Å². The van der Waals surface area contributed by atoms with E-state index in [1.54, 1.807) is 0 Å². The van der Waals surface area contributed by atoms with E-state index >= 15 is 0 Å². The van der Waals surface area contributed by atoms with Gasteiger partial charge in [0.15, 0.2) is 0 Å². The molecule has 6 heteroatoms. The van der Waals surface area contributed by atoms with Crippen LogP contribution in [0.4, 0.5) is 5.13 Å². The zero-order valence-corrected chi connectivity index (χ0v) is 8.63. The predicted octanol–water partition coefficient (Wildman–Crippen LogP) is 1.00. The maximum absolute atomic E-state index is 10.8. The van der Waals surface area contributed by atoms with Crippen LogP contribution in [-0.4, -0.2) is 29.0 Å². The van der Waals surface area contributed by atoms with Crippen LogP contribution in [0.2, 0.25) is 0 Å². The number of ether oxygens (including phenoxy) is 1. The first-order chi connectivity index (χ1) is 6.79. The van der Waals surface area contributed by atoms with Gasteiger partial charge in [0.05, 0.1) is 7.11 Å². The Morgan fingerprint density at radius 1 is 1.71 bits per heavy atom. The molecule has 0 aromatic carbocycles. The summed E-state index contributed by atoms with van der Waals surface area (Å²) < 4.78 is 8.69. The predicted molar refractivity (Wildman–Crippen MR) is 52.4 cm³/mol. The van der Waals surface area contributed by atoms with Crippen LogP contribution in [0, 0.1) is 0 Å². The van der Waals surface area contributed by atoms with Gasteiger partial charge in [0.1, 0.15) is 12.4 Å². The SMILES string of the molecule is COC(=O)CNc1nc(C2CC2)ns1. The highest BCUT2D eigenvalue weighted by Gasteiger charge is 2.27. The molecule has 0 unspecified atom stereocenters. The zero-order chi connectivity index (χ0) is 9.97. The molecule has 1 aliphatic rings. The highest BCUT2D eigenvalue weighted by atomic mass is 32.1. The molecule has 1 fully saturated rings. The first-order valence-corrected chi connectivity index (χ1v) is 5.21. The number of aromatic nitrogens is 2. The number of anilines is 1. The van der Waals surface area contributed by atoms with E-state index in [4.69, 9.17) is 0 Å². The van der Waals surface area contributed by atoms with E-state index in [1.165, 1.54) is 31.5 Å². The standard InChI is InChI=1S/C8H11N3O2S/c1-13-6(12)4-9-8-10-7(11-14-8)5-2-3-5/h5H,2-4H2,1H3,(H,9,10,11). The van der Waals surface area contributed by atoms with Gasteiger partial charge < -0.3 is 10.1 Å². The van der Waals surface area contributed by atoms with Crippen molar-refractivity contribution in [2.24, 2.45) is 0 Å².